The first-order valence-electron chi connectivity index (χ1n) is 10.5. The van der Waals surface area contributed by atoms with E-state index in [0.717, 1.165) is 5.56 Å². The molecule has 0 saturated heterocycles. The van der Waals surface area contributed by atoms with Gasteiger partial charge in [-0.15, -0.1) is 0 Å². The molecular formula is C24H27FN4O4. The van der Waals surface area contributed by atoms with Crippen molar-refractivity contribution in [1.82, 2.24) is 15.6 Å². The second-order valence-corrected chi connectivity index (χ2v) is 7.17. The van der Waals surface area contributed by atoms with Gasteiger partial charge in [0, 0.05) is 12.1 Å². The third-order valence-corrected chi connectivity index (χ3v) is 4.98. The van der Waals surface area contributed by atoms with E-state index in [4.69, 9.17) is 19.3 Å². The van der Waals surface area contributed by atoms with Gasteiger partial charge in [-0.05, 0) is 25.0 Å². The van der Waals surface area contributed by atoms with E-state index in [-0.39, 0.29) is 11.4 Å². The summed E-state index contributed by atoms with van der Waals surface area (Å²) in [4.78, 5) is 17.6. The van der Waals surface area contributed by atoms with Crippen molar-refractivity contribution in [2.45, 2.75) is 18.9 Å². The minimum absolute atomic E-state index is 0.183. The lowest BCUT2D eigenvalue weighted by Crippen LogP contribution is -2.31. The molecule has 1 heterocycles. The highest BCUT2D eigenvalue weighted by Crippen LogP contribution is 2.30. The molecule has 3 aromatic rings. The molecular weight excluding hydrogens is 427 g/mol. The van der Waals surface area contributed by atoms with Crippen LogP contribution in [0.25, 0.3) is 11.3 Å². The molecule has 174 valence electrons. The van der Waals surface area contributed by atoms with E-state index in [1.807, 2.05) is 30.3 Å². The van der Waals surface area contributed by atoms with Crippen molar-refractivity contribution >= 4 is 11.7 Å². The Hall–Kier alpha value is -3.88. The number of carbonyl (C=O) groups excluding carboxylic acids is 1. The average molecular weight is 455 g/mol. The number of amides is 1. The fourth-order valence-electron chi connectivity index (χ4n) is 3.34. The molecule has 1 aromatic heterocycles. The first kappa shape index (κ1) is 23.8. The maximum atomic E-state index is 13.2. The summed E-state index contributed by atoms with van der Waals surface area (Å²) in [6.07, 6.45) is 2.61. The number of nitrogens with zero attached hydrogens (tertiary/aromatic N) is 1. The van der Waals surface area contributed by atoms with Crippen molar-refractivity contribution in [3.8, 4) is 22.8 Å². The van der Waals surface area contributed by atoms with Crippen LogP contribution in [-0.4, -0.2) is 44.2 Å². The molecule has 9 heteroatoms. The number of nitrogens with one attached hydrogen (secondary N) is 3. The third-order valence-electron chi connectivity index (χ3n) is 4.98. The van der Waals surface area contributed by atoms with Gasteiger partial charge in [0.1, 0.15) is 35.6 Å². The van der Waals surface area contributed by atoms with E-state index >= 15 is 0 Å². The van der Waals surface area contributed by atoms with E-state index in [2.05, 4.69) is 15.6 Å². The van der Waals surface area contributed by atoms with Crippen LogP contribution in [0.15, 0.2) is 59.1 Å². The average Bonchev–Trinajstić information content (AvgIpc) is 3.35. The number of amidine groups is 1. The normalized spacial score (nSPS) is 11.5. The lowest BCUT2D eigenvalue weighted by atomic mass is 10.1. The Bertz CT molecular complexity index is 1050. The zero-order valence-corrected chi connectivity index (χ0v) is 18.6. The molecule has 1 amide bonds. The number of oxazole rings is 1. The number of ether oxygens (including phenoxy) is 2. The Morgan fingerprint density at radius 1 is 1.12 bits per heavy atom. The van der Waals surface area contributed by atoms with E-state index in [1.165, 1.54) is 14.2 Å². The zero-order valence-electron chi connectivity index (χ0n) is 18.6. The summed E-state index contributed by atoms with van der Waals surface area (Å²) in [6.45, 7) is -0.479. The second-order valence-electron chi connectivity index (χ2n) is 7.17. The Morgan fingerprint density at radius 2 is 1.82 bits per heavy atom. The molecule has 1 atom stereocenters. The Balaban J connectivity index is 1.83. The molecule has 33 heavy (non-hydrogen) atoms. The van der Waals surface area contributed by atoms with Crippen LogP contribution in [0, 0.1) is 5.41 Å². The van der Waals surface area contributed by atoms with E-state index < -0.39 is 18.6 Å². The van der Waals surface area contributed by atoms with Crippen molar-refractivity contribution in [2.75, 3.05) is 27.4 Å². The predicted octanol–water partition coefficient (Wildman–Crippen LogP) is 4.15. The molecule has 0 spiro atoms. The predicted molar refractivity (Wildman–Crippen MR) is 123 cm³/mol. The van der Waals surface area contributed by atoms with Gasteiger partial charge < -0.3 is 24.5 Å². The summed E-state index contributed by atoms with van der Waals surface area (Å²) in [7, 11) is 2.96. The van der Waals surface area contributed by atoms with Gasteiger partial charge >= 0.3 is 0 Å². The number of hydrogen-bond acceptors (Lipinski definition) is 6. The minimum Gasteiger partial charge on any atom is -0.496 e. The summed E-state index contributed by atoms with van der Waals surface area (Å²) in [5.74, 6) is 1.09. The highest BCUT2D eigenvalue weighted by molar-refractivity contribution is 5.99. The number of methoxy groups -OCH3 is 2. The van der Waals surface area contributed by atoms with Crippen molar-refractivity contribution in [3.05, 3.63) is 66.2 Å². The summed E-state index contributed by atoms with van der Waals surface area (Å²) < 4.78 is 29.2. The highest BCUT2D eigenvalue weighted by atomic mass is 19.1. The molecule has 0 saturated carbocycles. The fraction of sp³-hybridized carbons (Fsp3) is 0.292. The zero-order chi connectivity index (χ0) is 23.6. The molecule has 2 aromatic carbocycles. The molecule has 0 unspecified atom stereocenters. The van der Waals surface area contributed by atoms with Crippen molar-refractivity contribution in [3.63, 3.8) is 0 Å². The molecule has 3 rings (SSSR count). The van der Waals surface area contributed by atoms with Gasteiger partial charge in [-0.1, -0.05) is 36.4 Å². The monoisotopic (exact) mass is 454 g/mol. The largest absolute Gasteiger partial charge is 0.496 e. The van der Waals surface area contributed by atoms with Gasteiger partial charge in [0.15, 0.2) is 5.76 Å². The maximum Gasteiger partial charge on any atom is 0.259 e. The maximum absolute atomic E-state index is 13.2. The van der Waals surface area contributed by atoms with E-state index in [0.29, 0.717) is 42.5 Å². The van der Waals surface area contributed by atoms with Crippen LogP contribution in [0.4, 0.5) is 4.39 Å². The standard InChI is InChI=1S/C24H27FN4O4/c1-31-18-11-6-12-19(32-2)22(18)23(30)29-17(10-7-13-27-21(26)14-25)24-28-15-20(33-24)16-8-4-3-5-9-16/h3-6,8-9,11-12,15,17H,7,10,13-14H2,1-2H3,(H2,26,27)(H,29,30)/t17-/m0/s1. The van der Waals surface area contributed by atoms with Gasteiger partial charge in [0.2, 0.25) is 5.89 Å². The van der Waals surface area contributed by atoms with Crippen LogP contribution in [0.1, 0.15) is 35.1 Å². The van der Waals surface area contributed by atoms with Crippen molar-refractivity contribution in [2.24, 2.45) is 0 Å². The molecule has 0 radical (unpaired) electrons. The molecule has 0 aliphatic heterocycles. The molecule has 3 N–H and O–H groups in total. The Labute approximate surface area is 191 Å². The van der Waals surface area contributed by atoms with Gasteiger partial charge in [-0.2, -0.15) is 0 Å². The second kappa shape index (κ2) is 11.7. The number of halogens is 1. The Morgan fingerprint density at radius 3 is 2.45 bits per heavy atom. The summed E-state index contributed by atoms with van der Waals surface area (Å²) in [6, 6.07) is 14.0. The lowest BCUT2D eigenvalue weighted by molar-refractivity contribution is 0.0921. The smallest absolute Gasteiger partial charge is 0.259 e. The fourth-order valence-corrected chi connectivity index (χ4v) is 3.34. The number of alkyl halides is 1. The van der Waals surface area contributed by atoms with Crippen LogP contribution >= 0.6 is 0 Å². The van der Waals surface area contributed by atoms with Crippen LogP contribution < -0.4 is 20.1 Å². The summed E-state index contributed by atoms with van der Waals surface area (Å²) >= 11 is 0. The molecule has 0 fully saturated rings. The number of hydrogen-bond donors (Lipinski definition) is 3. The van der Waals surface area contributed by atoms with Crippen LogP contribution in [0.5, 0.6) is 11.5 Å². The Kier molecular flexibility index (Phi) is 8.40. The molecule has 8 nitrogen and oxygen atoms in total. The third kappa shape index (κ3) is 6.09. The topological polar surface area (TPSA) is 109 Å². The van der Waals surface area contributed by atoms with Gasteiger partial charge in [0.05, 0.1) is 20.4 Å². The van der Waals surface area contributed by atoms with E-state index in [9.17, 15) is 9.18 Å². The minimum atomic E-state index is -0.853. The van der Waals surface area contributed by atoms with Crippen molar-refractivity contribution in [1.29, 1.82) is 5.41 Å². The molecule has 0 aliphatic rings. The molecule has 0 aliphatic carbocycles. The van der Waals surface area contributed by atoms with Gasteiger partial charge in [-0.25, -0.2) is 9.37 Å². The van der Waals surface area contributed by atoms with Crippen molar-refractivity contribution < 1.29 is 23.1 Å². The SMILES string of the molecule is COc1cccc(OC)c1C(=O)N[C@@H](CCCNC(=N)CF)c1ncc(-c2ccccc2)o1. The van der Waals surface area contributed by atoms with E-state index in [1.54, 1.807) is 24.4 Å². The first-order valence-corrected chi connectivity index (χ1v) is 10.5. The van der Waals surface area contributed by atoms with Crippen LogP contribution in [-0.2, 0) is 0 Å². The van der Waals surface area contributed by atoms with Crippen LogP contribution in [0.2, 0.25) is 0 Å². The van der Waals surface area contributed by atoms with Gasteiger partial charge in [-0.3, -0.25) is 10.2 Å². The highest BCUT2D eigenvalue weighted by Gasteiger charge is 2.25. The molecule has 0 bridgehead atoms. The first-order chi connectivity index (χ1) is 16.1. The number of benzene rings is 2. The van der Waals surface area contributed by atoms with Gasteiger partial charge in [0.25, 0.3) is 5.91 Å². The van der Waals surface area contributed by atoms with Crippen LogP contribution in [0.3, 0.4) is 0 Å². The lowest BCUT2D eigenvalue weighted by Gasteiger charge is -2.18. The number of rotatable bonds is 11. The summed E-state index contributed by atoms with van der Waals surface area (Å²) in [5, 5.41) is 13.0. The quantitative estimate of drug-likeness (QED) is 0.228. The summed E-state index contributed by atoms with van der Waals surface area (Å²) in [5.41, 5.74) is 1.13. The number of carbonyl (C=O) groups is 1. The number of aromatic nitrogens is 1.